The number of Topliss-reactive ketones (excluding diaryl/α,β-unsaturated/α-hetero) is 1. The van der Waals surface area contributed by atoms with E-state index in [2.05, 4.69) is 14.7 Å². The van der Waals surface area contributed by atoms with E-state index in [0.717, 1.165) is 11.1 Å². The maximum atomic E-state index is 13.4. The number of carbonyl (C=O) groups excluding carboxylic acids is 1. The van der Waals surface area contributed by atoms with Crippen LogP contribution in [0.2, 0.25) is 0 Å². The number of carbonyl (C=O) groups is 2. The van der Waals surface area contributed by atoms with Crippen LogP contribution in [0.15, 0.2) is 59.4 Å². The zero-order valence-electron chi connectivity index (χ0n) is 16.2. The molecule has 0 bridgehead atoms. The van der Waals surface area contributed by atoms with Crippen LogP contribution in [0.5, 0.6) is 5.75 Å². The second kappa shape index (κ2) is 9.14. The molecule has 0 aliphatic rings. The molecule has 0 radical (unpaired) electrons. The molecule has 1 N–H and O–H groups in total. The van der Waals surface area contributed by atoms with Crippen molar-refractivity contribution >= 4 is 11.8 Å². The largest absolute Gasteiger partial charge is 0.485 e. The zero-order chi connectivity index (χ0) is 20.8. The Morgan fingerprint density at radius 2 is 1.97 bits per heavy atom. The van der Waals surface area contributed by atoms with Crippen LogP contribution in [0, 0.1) is 12.8 Å². The van der Waals surface area contributed by atoms with Gasteiger partial charge in [-0.15, -0.1) is 0 Å². The summed E-state index contributed by atoms with van der Waals surface area (Å²) in [6.45, 7) is 3.66. The molecule has 3 rings (SSSR count). The predicted octanol–water partition coefficient (Wildman–Crippen LogP) is 4.03. The number of carboxylic acids is 1. The summed E-state index contributed by atoms with van der Waals surface area (Å²) in [4.78, 5) is 28.7. The molecule has 2 aromatic carbocycles. The van der Waals surface area contributed by atoms with Gasteiger partial charge in [0.25, 0.3) is 0 Å². The first-order valence-corrected chi connectivity index (χ1v) is 9.26. The summed E-state index contributed by atoms with van der Waals surface area (Å²) in [7, 11) is 0. The lowest BCUT2D eigenvalue weighted by Gasteiger charge is -2.21. The molecule has 7 heteroatoms. The third-order valence-corrected chi connectivity index (χ3v) is 4.78. The van der Waals surface area contributed by atoms with Gasteiger partial charge < -0.3 is 14.4 Å². The van der Waals surface area contributed by atoms with Crippen molar-refractivity contribution in [1.29, 1.82) is 0 Å². The first-order chi connectivity index (χ1) is 14.0. The molecule has 2 unspecified atom stereocenters. The van der Waals surface area contributed by atoms with Crippen molar-refractivity contribution in [3.05, 3.63) is 77.4 Å². The normalized spacial score (nSPS) is 12.9. The van der Waals surface area contributed by atoms with E-state index in [1.807, 2.05) is 31.2 Å². The van der Waals surface area contributed by atoms with E-state index < -0.39 is 17.8 Å². The number of ketones is 1. The summed E-state index contributed by atoms with van der Waals surface area (Å²) < 4.78 is 10.3. The molecule has 0 aliphatic heterocycles. The number of carboxylic acid groups (broad SMARTS) is 1. The number of nitrogens with zero attached hydrogens (tertiary/aromatic N) is 2. The molecule has 0 fully saturated rings. The molecule has 7 nitrogen and oxygen atoms in total. The van der Waals surface area contributed by atoms with Crippen LogP contribution in [-0.2, 0) is 11.4 Å². The van der Waals surface area contributed by atoms with Crippen LogP contribution in [0.3, 0.4) is 0 Å². The van der Waals surface area contributed by atoms with Gasteiger partial charge in [-0.05, 0) is 36.6 Å². The second-order valence-electron chi connectivity index (χ2n) is 6.91. The summed E-state index contributed by atoms with van der Waals surface area (Å²) in [6, 6.07) is 14.4. The number of ether oxygens (including phenoxy) is 1. The third-order valence-electron chi connectivity index (χ3n) is 4.78. The van der Waals surface area contributed by atoms with Crippen LogP contribution < -0.4 is 4.74 Å². The smallest absolute Gasteiger partial charge is 0.306 e. The number of hydrogen-bond donors (Lipinski definition) is 1. The average Bonchev–Trinajstić information content (AvgIpc) is 3.24. The molecule has 0 aliphatic carbocycles. The van der Waals surface area contributed by atoms with E-state index in [0.29, 0.717) is 17.1 Å². The highest BCUT2D eigenvalue weighted by Gasteiger charge is 2.28. The quantitative estimate of drug-likeness (QED) is 0.547. The van der Waals surface area contributed by atoms with Crippen molar-refractivity contribution in [1.82, 2.24) is 10.1 Å². The van der Waals surface area contributed by atoms with Crippen LogP contribution in [0.25, 0.3) is 0 Å². The lowest BCUT2D eigenvalue weighted by Crippen LogP contribution is -2.21. The first kappa shape index (κ1) is 20.3. The van der Waals surface area contributed by atoms with Crippen LogP contribution in [0.4, 0.5) is 0 Å². The number of hydrogen-bond acceptors (Lipinski definition) is 6. The second-order valence-corrected chi connectivity index (χ2v) is 6.91. The van der Waals surface area contributed by atoms with Gasteiger partial charge in [-0.25, -0.2) is 0 Å². The Kier molecular flexibility index (Phi) is 6.39. The molecular formula is C22H22N2O5. The maximum Gasteiger partial charge on any atom is 0.306 e. The van der Waals surface area contributed by atoms with Gasteiger partial charge in [0.05, 0.1) is 5.92 Å². The third kappa shape index (κ3) is 5.07. The molecule has 2 atom stereocenters. The van der Waals surface area contributed by atoms with E-state index in [9.17, 15) is 14.7 Å². The molecule has 1 heterocycles. The van der Waals surface area contributed by atoms with Crippen LogP contribution in [0.1, 0.15) is 46.6 Å². The van der Waals surface area contributed by atoms with E-state index in [-0.39, 0.29) is 18.8 Å². The monoisotopic (exact) mass is 394 g/mol. The highest BCUT2D eigenvalue weighted by Crippen LogP contribution is 2.31. The summed E-state index contributed by atoms with van der Waals surface area (Å²) in [5.41, 5.74) is 2.25. The number of aromatic nitrogens is 2. The molecule has 0 saturated carbocycles. The van der Waals surface area contributed by atoms with Crippen molar-refractivity contribution in [2.24, 2.45) is 5.92 Å². The minimum absolute atomic E-state index is 0.116. The number of aliphatic carboxylic acids is 1. The summed E-state index contributed by atoms with van der Waals surface area (Å²) in [5.74, 6) is -1.38. The van der Waals surface area contributed by atoms with Crippen molar-refractivity contribution < 1.29 is 24.0 Å². The SMILES string of the molecule is Cc1ccccc1C(CC(C)C(=O)O)C(=O)c1cccc(OCc2ncon2)c1. The lowest BCUT2D eigenvalue weighted by atomic mass is 9.82. The Hall–Kier alpha value is -3.48. The van der Waals surface area contributed by atoms with Crippen molar-refractivity contribution in [2.45, 2.75) is 32.8 Å². The number of rotatable bonds is 9. The average molecular weight is 394 g/mol. The highest BCUT2D eigenvalue weighted by atomic mass is 16.5. The zero-order valence-corrected chi connectivity index (χ0v) is 16.2. The molecule has 0 saturated heterocycles. The standard InChI is InChI=1S/C22H22N2O5/c1-14-6-3-4-9-18(14)19(10-15(2)22(26)27)21(25)16-7-5-8-17(11-16)28-12-20-23-13-29-24-20/h3-9,11,13,15,19H,10,12H2,1-2H3,(H,26,27). The Bertz CT molecular complexity index is 984. The fourth-order valence-corrected chi connectivity index (χ4v) is 3.15. The molecule has 3 aromatic rings. The van der Waals surface area contributed by atoms with Gasteiger partial charge in [0, 0.05) is 11.5 Å². The summed E-state index contributed by atoms with van der Waals surface area (Å²) >= 11 is 0. The molecule has 150 valence electrons. The number of aryl methyl sites for hydroxylation is 1. The Morgan fingerprint density at radius 3 is 2.66 bits per heavy atom. The van der Waals surface area contributed by atoms with Crippen LogP contribution in [-0.4, -0.2) is 27.0 Å². The van der Waals surface area contributed by atoms with Crippen molar-refractivity contribution in [3.8, 4) is 5.75 Å². The summed E-state index contributed by atoms with van der Waals surface area (Å²) in [6.07, 6.45) is 1.43. The highest BCUT2D eigenvalue weighted by molar-refractivity contribution is 6.01. The van der Waals surface area contributed by atoms with E-state index in [1.165, 1.54) is 6.39 Å². The summed E-state index contributed by atoms with van der Waals surface area (Å²) in [5, 5.41) is 13.0. The molecule has 0 spiro atoms. The van der Waals surface area contributed by atoms with Gasteiger partial charge in [0.15, 0.2) is 12.4 Å². The number of benzene rings is 2. The molecule has 0 amide bonds. The fourth-order valence-electron chi connectivity index (χ4n) is 3.15. The van der Waals surface area contributed by atoms with Crippen molar-refractivity contribution in [2.75, 3.05) is 0 Å². The maximum absolute atomic E-state index is 13.4. The molecule has 29 heavy (non-hydrogen) atoms. The van der Waals surface area contributed by atoms with Gasteiger partial charge in [0.2, 0.25) is 12.2 Å². The Balaban J connectivity index is 1.86. The molecular weight excluding hydrogens is 372 g/mol. The Labute approximate surface area is 168 Å². The predicted molar refractivity (Wildman–Crippen MR) is 105 cm³/mol. The van der Waals surface area contributed by atoms with E-state index >= 15 is 0 Å². The minimum Gasteiger partial charge on any atom is -0.485 e. The topological polar surface area (TPSA) is 103 Å². The fraction of sp³-hybridized carbons (Fsp3) is 0.273. The first-order valence-electron chi connectivity index (χ1n) is 9.26. The Morgan fingerprint density at radius 1 is 1.17 bits per heavy atom. The lowest BCUT2D eigenvalue weighted by molar-refractivity contribution is -0.141. The van der Waals surface area contributed by atoms with E-state index in [1.54, 1.807) is 31.2 Å². The van der Waals surface area contributed by atoms with E-state index in [4.69, 9.17) is 4.74 Å². The molecule has 1 aromatic heterocycles. The van der Waals surface area contributed by atoms with Gasteiger partial charge in [-0.2, -0.15) is 4.98 Å². The van der Waals surface area contributed by atoms with Gasteiger partial charge in [-0.3, -0.25) is 9.59 Å². The van der Waals surface area contributed by atoms with Gasteiger partial charge >= 0.3 is 5.97 Å². The van der Waals surface area contributed by atoms with Gasteiger partial charge in [0.1, 0.15) is 5.75 Å². The van der Waals surface area contributed by atoms with Crippen LogP contribution >= 0.6 is 0 Å². The minimum atomic E-state index is -0.923. The van der Waals surface area contributed by atoms with Gasteiger partial charge in [-0.1, -0.05) is 48.5 Å². The van der Waals surface area contributed by atoms with Crippen molar-refractivity contribution in [3.63, 3.8) is 0 Å².